The summed E-state index contributed by atoms with van der Waals surface area (Å²) in [6.45, 7) is 0. The lowest BCUT2D eigenvalue weighted by atomic mass is 10.2. The molecule has 3 aromatic rings. The van der Waals surface area contributed by atoms with E-state index in [0.717, 1.165) is 11.3 Å². The van der Waals surface area contributed by atoms with E-state index in [2.05, 4.69) is 10.4 Å². The third-order valence-corrected chi connectivity index (χ3v) is 3.34. The van der Waals surface area contributed by atoms with Gasteiger partial charge in [-0.05, 0) is 29.8 Å². The van der Waals surface area contributed by atoms with Gasteiger partial charge in [-0.3, -0.25) is 0 Å². The Morgan fingerprint density at radius 1 is 0.792 bits per heavy atom. The summed E-state index contributed by atoms with van der Waals surface area (Å²) in [6.07, 6.45) is 1.66. The number of nitrogens with zero attached hydrogens (tertiary/aromatic N) is 2. The van der Waals surface area contributed by atoms with Gasteiger partial charge in [-0.2, -0.15) is 10.1 Å². The van der Waals surface area contributed by atoms with Crippen LogP contribution in [0.4, 0.5) is 16.2 Å². The van der Waals surface area contributed by atoms with Crippen molar-refractivity contribution in [1.82, 2.24) is 0 Å². The number of hydrazone groups is 1. The second kappa shape index (κ2) is 7.74. The number of para-hydroxylation sites is 2. The molecule has 2 amide bonds. The first-order chi connectivity index (χ1) is 11.8. The molecule has 0 radical (unpaired) electrons. The molecule has 0 atom stereocenters. The highest BCUT2D eigenvalue weighted by molar-refractivity contribution is 6.02. The quantitative estimate of drug-likeness (QED) is 0.547. The zero-order chi connectivity index (χ0) is 16.6. The maximum absolute atomic E-state index is 12.6. The number of hydrogen-bond donors (Lipinski definition) is 1. The normalized spacial score (nSPS) is 10.5. The summed E-state index contributed by atoms with van der Waals surface area (Å²) < 4.78 is 0. The fraction of sp³-hybridized carbons (Fsp3) is 0. The van der Waals surface area contributed by atoms with Crippen molar-refractivity contribution in [3.8, 4) is 0 Å². The molecule has 0 saturated heterocycles. The molecule has 1 N–H and O–H groups in total. The Balaban J connectivity index is 1.85. The highest BCUT2D eigenvalue weighted by Gasteiger charge is 2.14. The lowest BCUT2D eigenvalue weighted by Crippen LogP contribution is -2.30. The van der Waals surface area contributed by atoms with Crippen molar-refractivity contribution in [2.75, 3.05) is 10.3 Å². The van der Waals surface area contributed by atoms with Crippen molar-refractivity contribution in [3.05, 3.63) is 96.6 Å². The Hall–Kier alpha value is -3.40. The number of anilines is 2. The highest BCUT2D eigenvalue weighted by atomic mass is 16.2. The molecule has 0 aliphatic carbocycles. The number of hydrogen-bond acceptors (Lipinski definition) is 2. The van der Waals surface area contributed by atoms with E-state index in [1.54, 1.807) is 6.21 Å². The summed E-state index contributed by atoms with van der Waals surface area (Å²) in [6, 6.07) is 28.0. The number of carbonyl (C=O) groups excluding carboxylic acids is 1. The summed E-state index contributed by atoms with van der Waals surface area (Å²) in [5.41, 5.74) is 2.34. The molecular formula is C20H17N3O. The molecule has 118 valence electrons. The van der Waals surface area contributed by atoms with Gasteiger partial charge in [-0.15, -0.1) is 0 Å². The van der Waals surface area contributed by atoms with E-state index in [1.165, 1.54) is 5.01 Å². The molecule has 0 saturated carbocycles. The standard InChI is InChI=1S/C20H17N3O/c24-20(22-18-12-6-2-7-13-18)23(19-14-8-3-9-15-19)21-16-17-10-4-1-5-11-17/h1-16H,(H,22,24). The minimum Gasteiger partial charge on any atom is -0.306 e. The van der Waals surface area contributed by atoms with Crippen molar-refractivity contribution in [2.45, 2.75) is 0 Å². The zero-order valence-corrected chi connectivity index (χ0v) is 13.0. The van der Waals surface area contributed by atoms with E-state index >= 15 is 0 Å². The van der Waals surface area contributed by atoms with Gasteiger partial charge in [0.05, 0.1) is 11.9 Å². The SMILES string of the molecule is O=C(Nc1ccccc1)N(N=Cc1ccccc1)c1ccccc1. The van der Waals surface area contributed by atoms with Crippen LogP contribution in [-0.4, -0.2) is 12.2 Å². The first kappa shape index (κ1) is 15.5. The average molecular weight is 315 g/mol. The van der Waals surface area contributed by atoms with Gasteiger partial charge in [0, 0.05) is 5.69 Å². The molecule has 4 heteroatoms. The van der Waals surface area contributed by atoms with E-state index in [1.807, 2.05) is 91.0 Å². The van der Waals surface area contributed by atoms with Crippen LogP contribution in [-0.2, 0) is 0 Å². The minimum atomic E-state index is -0.320. The molecule has 0 heterocycles. The second-order valence-corrected chi connectivity index (χ2v) is 5.10. The molecule has 0 unspecified atom stereocenters. The predicted molar refractivity (Wildman–Crippen MR) is 98.4 cm³/mol. The van der Waals surface area contributed by atoms with Crippen molar-refractivity contribution >= 4 is 23.6 Å². The van der Waals surface area contributed by atoms with Crippen LogP contribution >= 0.6 is 0 Å². The van der Waals surface area contributed by atoms with Gasteiger partial charge in [0.15, 0.2) is 0 Å². The molecule has 0 bridgehead atoms. The van der Waals surface area contributed by atoms with Crippen molar-refractivity contribution in [1.29, 1.82) is 0 Å². The number of urea groups is 1. The molecule has 0 aromatic heterocycles. The second-order valence-electron chi connectivity index (χ2n) is 5.10. The molecule has 24 heavy (non-hydrogen) atoms. The molecule has 0 aliphatic heterocycles. The van der Waals surface area contributed by atoms with Gasteiger partial charge < -0.3 is 5.32 Å². The fourth-order valence-corrected chi connectivity index (χ4v) is 2.17. The van der Waals surface area contributed by atoms with Crippen LogP contribution < -0.4 is 10.3 Å². The van der Waals surface area contributed by atoms with Gasteiger partial charge in [0.25, 0.3) is 0 Å². The zero-order valence-electron chi connectivity index (χ0n) is 13.0. The van der Waals surface area contributed by atoms with Crippen LogP contribution in [0.1, 0.15) is 5.56 Å². The lowest BCUT2D eigenvalue weighted by molar-refractivity contribution is 0.257. The third kappa shape index (κ3) is 4.08. The highest BCUT2D eigenvalue weighted by Crippen LogP contribution is 2.16. The van der Waals surface area contributed by atoms with E-state index < -0.39 is 0 Å². The van der Waals surface area contributed by atoms with Gasteiger partial charge in [0.1, 0.15) is 0 Å². The molecule has 0 aliphatic rings. The van der Waals surface area contributed by atoms with Crippen LogP contribution in [0.25, 0.3) is 0 Å². The van der Waals surface area contributed by atoms with Crippen LogP contribution in [0, 0.1) is 0 Å². The van der Waals surface area contributed by atoms with Gasteiger partial charge in [0.2, 0.25) is 0 Å². The molecule has 0 fully saturated rings. The Bertz CT molecular complexity index is 802. The van der Waals surface area contributed by atoms with Crippen molar-refractivity contribution < 1.29 is 4.79 Å². The molecule has 3 rings (SSSR count). The predicted octanol–water partition coefficient (Wildman–Crippen LogP) is 4.76. The Labute approximate surface area is 141 Å². The number of rotatable bonds is 4. The molecular weight excluding hydrogens is 298 g/mol. The van der Waals surface area contributed by atoms with E-state index in [4.69, 9.17) is 0 Å². The van der Waals surface area contributed by atoms with E-state index in [9.17, 15) is 4.79 Å². The summed E-state index contributed by atoms with van der Waals surface area (Å²) in [5, 5.41) is 8.55. The maximum atomic E-state index is 12.6. The monoisotopic (exact) mass is 315 g/mol. The van der Waals surface area contributed by atoms with Crippen LogP contribution in [0.2, 0.25) is 0 Å². The average Bonchev–Trinajstić information content (AvgIpc) is 2.64. The largest absolute Gasteiger partial charge is 0.347 e. The van der Waals surface area contributed by atoms with Crippen LogP contribution in [0.3, 0.4) is 0 Å². The van der Waals surface area contributed by atoms with E-state index in [-0.39, 0.29) is 6.03 Å². The first-order valence-corrected chi connectivity index (χ1v) is 7.63. The summed E-state index contributed by atoms with van der Waals surface area (Å²) >= 11 is 0. The summed E-state index contributed by atoms with van der Waals surface area (Å²) in [5.74, 6) is 0. The summed E-state index contributed by atoms with van der Waals surface area (Å²) in [7, 11) is 0. The number of amides is 2. The van der Waals surface area contributed by atoms with Crippen molar-refractivity contribution in [3.63, 3.8) is 0 Å². The van der Waals surface area contributed by atoms with Crippen LogP contribution in [0.5, 0.6) is 0 Å². The van der Waals surface area contributed by atoms with Crippen LogP contribution in [0.15, 0.2) is 96.1 Å². The van der Waals surface area contributed by atoms with Crippen molar-refractivity contribution in [2.24, 2.45) is 5.10 Å². The maximum Gasteiger partial charge on any atom is 0.347 e. The number of nitrogens with one attached hydrogen (secondary N) is 1. The van der Waals surface area contributed by atoms with Gasteiger partial charge in [-0.25, -0.2) is 4.79 Å². The van der Waals surface area contributed by atoms with Gasteiger partial charge >= 0.3 is 6.03 Å². The fourth-order valence-electron chi connectivity index (χ4n) is 2.17. The Kier molecular flexibility index (Phi) is 5.00. The number of carbonyl (C=O) groups is 1. The lowest BCUT2D eigenvalue weighted by Gasteiger charge is -2.17. The smallest absolute Gasteiger partial charge is 0.306 e. The number of benzene rings is 3. The Morgan fingerprint density at radius 3 is 1.96 bits per heavy atom. The molecule has 4 nitrogen and oxygen atoms in total. The van der Waals surface area contributed by atoms with E-state index in [0.29, 0.717) is 5.69 Å². The third-order valence-electron chi connectivity index (χ3n) is 3.34. The Morgan fingerprint density at radius 2 is 1.33 bits per heavy atom. The summed E-state index contributed by atoms with van der Waals surface area (Å²) in [4.78, 5) is 12.6. The topological polar surface area (TPSA) is 44.7 Å². The first-order valence-electron chi connectivity index (χ1n) is 7.63. The van der Waals surface area contributed by atoms with Gasteiger partial charge in [-0.1, -0.05) is 66.7 Å². The minimum absolute atomic E-state index is 0.320. The molecule has 0 spiro atoms. The molecule has 3 aromatic carbocycles.